The Morgan fingerprint density at radius 3 is 2.14 bits per heavy atom. The monoisotopic (exact) mass is 383 g/mol. The number of anilines is 1. The number of nitrogens with zero attached hydrogens (tertiary/aromatic N) is 2. The van der Waals surface area contributed by atoms with Gasteiger partial charge in [0.1, 0.15) is 5.75 Å². The molecule has 0 aliphatic carbocycles. The molecule has 2 aromatic carbocycles. The van der Waals surface area contributed by atoms with Gasteiger partial charge in [0.25, 0.3) is 0 Å². The minimum atomic E-state index is -0.203. The van der Waals surface area contributed by atoms with Gasteiger partial charge >= 0.3 is 0 Å². The SMILES string of the molecule is COc1ccc(CN(C)CC(=O)N(C)CC(=O)Nc2c(C)cccc2C)cc1. The number of nitrogens with one attached hydrogen (secondary N) is 1. The maximum atomic E-state index is 12.5. The molecule has 0 aliphatic heterocycles. The molecule has 0 aliphatic rings. The number of carbonyl (C=O) groups is 2. The molecule has 0 spiro atoms. The Bertz CT molecular complexity index is 798. The van der Waals surface area contributed by atoms with Gasteiger partial charge < -0.3 is 15.0 Å². The Morgan fingerprint density at radius 1 is 0.964 bits per heavy atom. The zero-order valence-electron chi connectivity index (χ0n) is 17.3. The van der Waals surface area contributed by atoms with Crippen LogP contribution in [-0.4, -0.2) is 55.9 Å². The molecule has 2 aromatic rings. The molecule has 0 aromatic heterocycles. The topological polar surface area (TPSA) is 61.9 Å². The Balaban J connectivity index is 1.84. The first-order chi connectivity index (χ1) is 13.3. The largest absolute Gasteiger partial charge is 0.497 e. The number of ether oxygens (including phenoxy) is 1. The molecular formula is C22H29N3O3. The van der Waals surface area contributed by atoms with E-state index in [1.54, 1.807) is 14.2 Å². The van der Waals surface area contributed by atoms with Gasteiger partial charge in [-0.3, -0.25) is 14.5 Å². The average Bonchev–Trinajstić information content (AvgIpc) is 2.65. The number of likely N-dealkylation sites (N-methyl/N-ethyl adjacent to an activating group) is 2. The third kappa shape index (κ3) is 6.09. The molecule has 2 rings (SSSR count). The molecule has 0 bridgehead atoms. The summed E-state index contributed by atoms with van der Waals surface area (Å²) >= 11 is 0. The third-order valence-electron chi connectivity index (χ3n) is 4.57. The molecule has 0 unspecified atom stereocenters. The van der Waals surface area contributed by atoms with Crippen LogP contribution in [-0.2, 0) is 16.1 Å². The second-order valence-corrected chi connectivity index (χ2v) is 7.09. The van der Waals surface area contributed by atoms with Crippen LogP contribution in [0, 0.1) is 13.8 Å². The summed E-state index contributed by atoms with van der Waals surface area (Å²) in [6.45, 7) is 4.79. The molecule has 2 amide bonds. The number of aryl methyl sites for hydroxylation is 2. The van der Waals surface area contributed by atoms with Crippen molar-refractivity contribution in [3.63, 3.8) is 0 Å². The second-order valence-electron chi connectivity index (χ2n) is 7.09. The lowest BCUT2D eigenvalue weighted by atomic mass is 10.1. The Hall–Kier alpha value is -2.86. The zero-order chi connectivity index (χ0) is 20.7. The van der Waals surface area contributed by atoms with Crippen LogP contribution in [0.4, 0.5) is 5.69 Å². The van der Waals surface area contributed by atoms with Gasteiger partial charge in [0.2, 0.25) is 11.8 Å². The van der Waals surface area contributed by atoms with Crippen LogP contribution in [0.5, 0.6) is 5.75 Å². The van der Waals surface area contributed by atoms with E-state index in [-0.39, 0.29) is 24.9 Å². The molecule has 28 heavy (non-hydrogen) atoms. The van der Waals surface area contributed by atoms with Crippen molar-refractivity contribution < 1.29 is 14.3 Å². The lowest BCUT2D eigenvalue weighted by Crippen LogP contribution is -2.40. The number of carbonyl (C=O) groups excluding carboxylic acids is 2. The fourth-order valence-corrected chi connectivity index (χ4v) is 2.94. The molecule has 0 heterocycles. The molecule has 1 N–H and O–H groups in total. The number of amides is 2. The van der Waals surface area contributed by atoms with Gasteiger partial charge in [-0.2, -0.15) is 0 Å². The van der Waals surface area contributed by atoms with Gasteiger partial charge in [-0.1, -0.05) is 30.3 Å². The molecule has 150 valence electrons. The number of methoxy groups -OCH3 is 1. The fourth-order valence-electron chi connectivity index (χ4n) is 2.94. The zero-order valence-corrected chi connectivity index (χ0v) is 17.3. The number of rotatable bonds is 8. The van der Waals surface area contributed by atoms with Crippen molar-refractivity contribution in [1.82, 2.24) is 9.80 Å². The fraction of sp³-hybridized carbons (Fsp3) is 0.364. The Kier molecular flexibility index (Phi) is 7.58. The van der Waals surface area contributed by atoms with E-state index in [2.05, 4.69) is 5.32 Å². The predicted molar refractivity (Wildman–Crippen MR) is 112 cm³/mol. The van der Waals surface area contributed by atoms with E-state index in [9.17, 15) is 9.59 Å². The molecule has 0 saturated carbocycles. The van der Waals surface area contributed by atoms with Gasteiger partial charge in [0, 0.05) is 19.3 Å². The highest BCUT2D eigenvalue weighted by Gasteiger charge is 2.16. The van der Waals surface area contributed by atoms with Crippen molar-refractivity contribution in [2.24, 2.45) is 0 Å². The number of para-hydroxylation sites is 1. The van der Waals surface area contributed by atoms with Crippen molar-refractivity contribution >= 4 is 17.5 Å². The predicted octanol–water partition coefficient (Wildman–Crippen LogP) is 2.84. The van der Waals surface area contributed by atoms with Crippen molar-refractivity contribution in [3.05, 3.63) is 59.2 Å². The second kappa shape index (κ2) is 9.90. The van der Waals surface area contributed by atoms with E-state index in [0.717, 1.165) is 28.1 Å². The normalized spacial score (nSPS) is 10.6. The van der Waals surface area contributed by atoms with Crippen molar-refractivity contribution in [3.8, 4) is 5.75 Å². The molecule has 6 nitrogen and oxygen atoms in total. The molecule has 0 atom stereocenters. The third-order valence-corrected chi connectivity index (χ3v) is 4.57. The maximum Gasteiger partial charge on any atom is 0.243 e. The highest BCUT2D eigenvalue weighted by Crippen LogP contribution is 2.19. The summed E-state index contributed by atoms with van der Waals surface area (Å²) in [5, 5.41) is 2.91. The van der Waals surface area contributed by atoms with Crippen molar-refractivity contribution in [2.45, 2.75) is 20.4 Å². The van der Waals surface area contributed by atoms with E-state index < -0.39 is 0 Å². The lowest BCUT2D eigenvalue weighted by Gasteiger charge is -2.22. The first kappa shape index (κ1) is 21.4. The van der Waals surface area contributed by atoms with Crippen LogP contribution < -0.4 is 10.1 Å². The van der Waals surface area contributed by atoms with Crippen molar-refractivity contribution in [1.29, 1.82) is 0 Å². The summed E-state index contributed by atoms with van der Waals surface area (Å²) in [5.41, 5.74) is 3.90. The Labute approximate surface area is 167 Å². The summed E-state index contributed by atoms with van der Waals surface area (Å²) < 4.78 is 5.15. The standard InChI is InChI=1S/C22H29N3O3/c1-16-7-6-8-17(2)22(16)23-20(26)14-25(4)21(27)15-24(3)13-18-9-11-19(28-5)12-10-18/h6-12H,13-15H2,1-5H3,(H,23,26). The number of hydrogen-bond donors (Lipinski definition) is 1. The van der Waals surface area contributed by atoms with E-state index in [0.29, 0.717) is 6.54 Å². The van der Waals surface area contributed by atoms with Crippen molar-refractivity contribution in [2.75, 3.05) is 39.6 Å². The first-order valence-corrected chi connectivity index (χ1v) is 9.21. The molecule has 0 fully saturated rings. The number of benzene rings is 2. The highest BCUT2D eigenvalue weighted by molar-refractivity contribution is 5.95. The van der Waals surface area contributed by atoms with Gasteiger partial charge in [0.05, 0.1) is 20.2 Å². The van der Waals surface area contributed by atoms with Crippen LogP contribution in [0.25, 0.3) is 0 Å². The summed E-state index contributed by atoms with van der Waals surface area (Å²) in [7, 11) is 5.16. The minimum Gasteiger partial charge on any atom is -0.497 e. The van der Waals surface area contributed by atoms with Gasteiger partial charge in [-0.25, -0.2) is 0 Å². The van der Waals surface area contributed by atoms with Crippen LogP contribution in [0.15, 0.2) is 42.5 Å². The van der Waals surface area contributed by atoms with Gasteiger partial charge in [0.15, 0.2) is 0 Å². The summed E-state index contributed by atoms with van der Waals surface area (Å²) in [5.74, 6) is 0.496. The minimum absolute atomic E-state index is 0.0168. The Morgan fingerprint density at radius 2 is 1.57 bits per heavy atom. The van der Waals surface area contributed by atoms with E-state index in [4.69, 9.17) is 4.74 Å². The van der Waals surface area contributed by atoms with Gasteiger partial charge in [-0.15, -0.1) is 0 Å². The van der Waals surface area contributed by atoms with E-state index in [1.165, 1.54) is 4.90 Å². The van der Waals surface area contributed by atoms with Crippen LogP contribution in [0.3, 0.4) is 0 Å². The smallest absolute Gasteiger partial charge is 0.243 e. The molecule has 0 saturated heterocycles. The molecule has 0 radical (unpaired) electrons. The molecule has 6 heteroatoms. The summed E-state index contributed by atoms with van der Waals surface area (Å²) in [6, 6.07) is 13.6. The van der Waals surface area contributed by atoms with E-state index >= 15 is 0 Å². The van der Waals surface area contributed by atoms with Gasteiger partial charge in [-0.05, 0) is 49.7 Å². The lowest BCUT2D eigenvalue weighted by molar-refractivity contribution is -0.134. The first-order valence-electron chi connectivity index (χ1n) is 9.21. The highest BCUT2D eigenvalue weighted by atomic mass is 16.5. The quantitative estimate of drug-likeness (QED) is 0.761. The molecular weight excluding hydrogens is 354 g/mol. The summed E-state index contributed by atoms with van der Waals surface area (Å²) in [6.07, 6.45) is 0. The van der Waals surface area contributed by atoms with Crippen LogP contribution in [0.1, 0.15) is 16.7 Å². The average molecular weight is 383 g/mol. The van der Waals surface area contributed by atoms with Crippen LogP contribution in [0.2, 0.25) is 0 Å². The number of hydrogen-bond acceptors (Lipinski definition) is 4. The summed E-state index contributed by atoms with van der Waals surface area (Å²) in [4.78, 5) is 28.2. The van der Waals surface area contributed by atoms with Crippen LogP contribution >= 0.6 is 0 Å². The maximum absolute atomic E-state index is 12.5. The van der Waals surface area contributed by atoms with E-state index in [1.807, 2.05) is 68.3 Å².